The van der Waals surface area contributed by atoms with Gasteiger partial charge in [-0.05, 0) is 130 Å². The Morgan fingerprint density at radius 2 is 0.348 bits per heavy atom. The summed E-state index contributed by atoms with van der Waals surface area (Å²) in [5.74, 6) is 1.66. The van der Waals surface area contributed by atoms with Crippen molar-refractivity contribution in [3.05, 3.63) is 236 Å². The molecule has 0 bridgehead atoms. The standard InChI is InChI=1S/C16H16.2C15H14.C14H12.16C2H6/c1-10-4-6-13-14-7-5-11(2)9-16(14)12(3)15(13)8-10;1-10-3-5-14-12(7-10)9-13-8-11(2)4-6-15(13)14;1-10-7-8-14-13-6-4-3-5-12(13)11(2)15(14)9-10;1-10-11-6-2-4-8-13(11)14-9-5-3-7-12(10)14;16*1-2/h4-9,12H,1-3H3;3-8H,9H2,1-2H3;3-9,11H,1-2H3;2-10H,1H3;16*1-2H3/t;;11-;;;;;;;;;;;;;;;;;/m..0................./s1. The van der Waals surface area contributed by atoms with E-state index in [0.29, 0.717) is 17.8 Å². The maximum absolute atomic E-state index is 2.33. The fourth-order valence-electron chi connectivity index (χ4n) is 10.2. The normalized spacial score (nSPS) is 10.4. The summed E-state index contributed by atoms with van der Waals surface area (Å²) in [7, 11) is 0. The Kier molecular flexibility index (Phi) is 74.9. The molecular formula is C92H152. The Hall–Kier alpha value is -6.24. The molecule has 92 heavy (non-hydrogen) atoms. The van der Waals surface area contributed by atoms with Crippen molar-refractivity contribution >= 4 is 0 Å². The predicted octanol–water partition coefficient (Wildman–Crippen LogP) is 32.7. The van der Waals surface area contributed by atoms with Crippen LogP contribution in [0.3, 0.4) is 0 Å². The molecule has 4 aliphatic carbocycles. The number of aryl methyl sites for hydroxylation is 5. The minimum Gasteiger partial charge on any atom is -0.0683 e. The predicted molar refractivity (Wildman–Crippen MR) is 438 cm³/mol. The molecule has 0 fully saturated rings. The average molecular weight is 1260 g/mol. The molecule has 12 rings (SSSR count). The molecule has 0 radical (unpaired) electrons. The summed E-state index contributed by atoms with van der Waals surface area (Å²) in [4.78, 5) is 0. The third kappa shape index (κ3) is 31.1. The van der Waals surface area contributed by atoms with Gasteiger partial charge in [-0.1, -0.05) is 434 Å². The molecule has 1 atom stereocenters. The zero-order valence-corrected chi connectivity index (χ0v) is 68.5. The van der Waals surface area contributed by atoms with Crippen LogP contribution < -0.4 is 0 Å². The summed E-state index contributed by atoms with van der Waals surface area (Å²) in [5, 5.41) is 0. The van der Waals surface area contributed by atoms with E-state index in [0.717, 1.165) is 6.42 Å². The number of hydrogen-bond acceptors (Lipinski definition) is 0. The van der Waals surface area contributed by atoms with Crippen LogP contribution in [-0.4, -0.2) is 0 Å². The van der Waals surface area contributed by atoms with Crippen molar-refractivity contribution in [1.82, 2.24) is 0 Å². The van der Waals surface area contributed by atoms with Crippen LogP contribution in [0, 0.1) is 34.6 Å². The topological polar surface area (TPSA) is 0 Å². The lowest BCUT2D eigenvalue weighted by Gasteiger charge is -2.07. The highest BCUT2D eigenvalue weighted by Gasteiger charge is 2.27. The highest BCUT2D eigenvalue weighted by atomic mass is 14.3. The van der Waals surface area contributed by atoms with Crippen LogP contribution in [0.4, 0.5) is 0 Å². The van der Waals surface area contributed by atoms with Gasteiger partial charge in [-0.15, -0.1) is 0 Å². The van der Waals surface area contributed by atoms with Crippen LogP contribution >= 0.6 is 0 Å². The fourth-order valence-corrected chi connectivity index (χ4v) is 10.2. The van der Waals surface area contributed by atoms with Crippen molar-refractivity contribution in [2.45, 2.75) is 301 Å². The van der Waals surface area contributed by atoms with Gasteiger partial charge in [0.05, 0.1) is 0 Å². The third-order valence-electron chi connectivity index (χ3n) is 13.4. The van der Waals surface area contributed by atoms with Gasteiger partial charge in [-0.3, -0.25) is 0 Å². The molecule has 0 aromatic heterocycles. The number of rotatable bonds is 0. The molecule has 0 saturated carbocycles. The molecule has 0 spiro atoms. The highest BCUT2D eigenvalue weighted by molar-refractivity contribution is 5.81. The number of benzene rings is 8. The molecule has 520 valence electrons. The SMILES string of the molecule is CC.CC.CC.CC.CC.CC.CC.CC.CC.CC.CC.CC.CC.CC.CC.CC.CC1c2ccccc2-c2ccccc21.Cc1ccc2c(c1)C(C)c1cc(C)ccc1-2.Cc1ccc2c(c1)Cc1cc(C)ccc1-2.Cc1ccc2c(c1)[C@@H](C)c1ccccc1-2. The van der Waals surface area contributed by atoms with Crippen LogP contribution in [0.15, 0.2) is 164 Å². The van der Waals surface area contributed by atoms with Crippen molar-refractivity contribution in [2.24, 2.45) is 0 Å². The lowest BCUT2D eigenvalue weighted by molar-refractivity contribution is 0.952. The van der Waals surface area contributed by atoms with Crippen LogP contribution in [0.1, 0.15) is 332 Å². The molecule has 0 aliphatic heterocycles. The van der Waals surface area contributed by atoms with Gasteiger partial charge in [0.1, 0.15) is 0 Å². The second kappa shape index (κ2) is 67.6. The Labute approximate surface area is 578 Å². The van der Waals surface area contributed by atoms with Gasteiger partial charge in [-0.2, -0.15) is 0 Å². The molecule has 8 aromatic carbocycles. The van der Waals surface area contributed by atoms with Gasteiger partial charge in [0.2, 0.25) is 0 Å². The highest BCUT2D eigenvalue weighted by Crippen LogP contribution is 2.47. The maximum atomic E-state index is 2.33. The van der Waals surface area contributed by atoms with Crippen molar-refractivity contribution < 1.29 is 0 Å². The molecule has 0 N–H and O–H groups in total. The zero-order valence-electron chi connectivity index (χ0n) is 68.5. The van der Waals surface area contributed by atoms with E-state index < -0.39 is 0 Å². The van der Waals surface area contributed by atoms with Gasteiger partial charge >= 0.3 is 0 Å². The fraction of sp³-hybridized carbons (Fsp3) is 0.478. The van der Waals surface area contributed by atoms with Gasteiger partial charge in [0.25, 0.3) is 0 Å². The maximum Gasteiger partial charge on any atom is 0.00735 e. The molecule has 0 unspecified atom stereocenters. The number of hydrogen-bond donors (Lipinski definition) is 0. The van der Waals surface area contributed by atoms with Crippen molar-refractivity contribution in [3.63, 3.8) is 0 Å². The van der Waals surface area contributed by atoms with Gasteiger partial charge < -0.3 is 0 Å². The van der Waals surface area contributed by atoms with Crippen LogP contribution in [0.2, 0.25) is 0 Å². The smallest absolute Gasteiger partial charge is 0.00735 e. The average Bonchev–Trinajstić information content (AvgIpc) is 1.72. The first-order valence-corrected chi connectivity index (χ1v) is 37.8. The summed E-state index contributed by atoms with van der Waals surface area (Å²) in [6.45, 7) is 81.7. The Balaban J connectivity index is -0.000000149. The van der Waals surface area contributed by atoms with E-state index in [1.54, 1.807) is 0 Å². The summed E-state index contributed by atoms with van der Waals surface area (Å²) in [5.41, 5.74) is 30.0. The summed E-state index contributed by atoms with van der Waals surface area (Å²) in [6.07, 6.45) is 1.11. The summed E-state index contributed by atoms with van der Waals surface area (Å²) < 4.78 is 0. The van der Waals surface area contributed by atoms with E-state index in [9.17, 15) is 0 Å². The van der Waals surface area contributed by atoms with Crippen molar-refractivity contribution in [3.8, 4) is 44.5 Å². The van der Waals surface area contributed by atoms with Crippen LogP contribution in [-0.2, 0) is 6.42 Å². The van der Waals surface area contributed by atoms with E-state index >= 15 is 0 Å². The minimum atomic E-state index is 0.546. The Bertz CT molecular complexity index is 2760. The van der Waals surface area contributed by atoms with E-state index in [1.807, 2.05) is 222 Å². The molecule has 0 heteroatoms. The third-order valence-corrected chi connectivity index (χ3v) is 13.4. The Morgan fingerprint density at radius 3 is 0.576 bits per heavy atom. The Morgan fingerprint density at radius 1 is 0.185 bits per heavy atom. The second-order valence-electron chi connectivity index (χ2n) is 17.7. The molecule has 0 amide bonds. The quantitative estimate of drug-likeness (QED) is 0.142. The zero-order chi connectivity index (χ0) is 73.7. The molecular weight excluding hydrogens is 1110 g/mol. The van der Waals surface area contributed by atoms with E-state index in [-0.39, 0.29) is 0 Å². The molecule has 4 aliphatic rings. The largest absolute Gasteiger partial charge is 0.0683 e. The summed E-state index contributed by atoms with van der Waals surface area (Å²) in [6, 6.07) is 60.1. The first-order valence-electron chi connectivity index (χ1n) is 37.8. The number of fused-ring (bicyclic) bond motifs is 12. The van der Waals surface area contributed by atoms with Crippen molar-refractivity contribution in [1.29, 1.82) is 0 Å². The lowest BCUT2D eigenvalue weighted by Crippen LogP contribution is -1.90. The first kappa shape index (κ1) is 102. The van der Waals surface area contributed by atoms with Gasteiger partial charge in [0.15, 0.2) is 0 Å². The summed E-state index contributed by atoms with van der Waals surface area (Å²) >= 11 is 0. The van der Waals surface area contributed by atoms with Crippen LogP contribution in [0.5, 0.6) is 0 Å². The van der Waals surface area contributed by atoms with E-state index in [4.69, 9.17) is 0 Å². The molecule has 8 aromatic rings. The lowest BCUT2D eigenvalue weighted by atomic mass is 9.97. The second-order valence-corrected chi connectivity index (χ2v) is 17.7. The van der Waals surface area contributed by atoms with E-state index in [2.05, 4.69) is 219 Å². The molecule has 0 heterocycles. The molecule has 0 nitrogen and oxygen atoms in total. The van der Waals surface area contributed by atoms with Gasteiger partial charge in [0, 0.05) is 17.8 Å². The van der Waals surface area contributed by atoms with Crippen molar-refractivity contribution in [2.75, 3.05) is 0 Å². The molecule has 0 saturated heterocycles. The minimum absolute atomic E-state index is 0.546. The van der Waals surface area contributed by atoms with Gasteiger partial charge in [-0.25, -0.2) is 0 Å². The monoisotopic (exact) mass is 1260 g/mol. The van der Waals surface area contributed by atoms with E-state index in [1.165, 1.54) is 117 Å². The first-order chi connectivity index (χ1) is 45.0. The van der Waals surface area contributed by atoms with Crippen LogP contribution in [0.25, 0.3) is 44.5 Å².